The summed E-state index contributed by atoms with van der Waals surface area (Å²) in [5.41, 5.74) is 10.1. The van der Waals surface area contributed by atoms with Crippen molar-refractivity contribution in [1.29, 1.82) is 0 Å². The minimum atomic E-state index is 0.264. The summed E-state index contributed by atoms with van der Waals surface area (Å²) in [6.45, 7) is 2.64. The van der Waals surface area contributed by atoms with E-state index in [-0.39, 0.29) is 5.96 Å². The summed E-state index contributed by atoms with van der Waals surface area (Å²) in [5.74, 6) is 5.31. The minimum Gasteiger partial charge on any atom is -0.369 e. The van der Waals surface area contributed by atoms with Crippen molar-refractivity contribution in [1.82, 2.24) is 5.43 Å². The first kappa shape index (κ1) is 9.02. The molecule has 0 atom stereocenters. The predicted molar refractivity (Wildman–Crippen MR) is 51.7 cm³/mol. The second-order valence-electron chi connectivity index (χ2n) is 2.43. The molecule has 0 fully saturated rings. The molecule has 4 nitrogen and oxygen atoms in total. The van der Waals surface area contributed by atoms with Gasteiger partial charge in [-0.3, -0.25) is 5.43 Å². The van der Waals surface area contributed by atoms with E-state index in [0.29, 0.717) is 6.54 Å². The lowest BCUT2D eigenvalue weighted by atomic mass is 10.2. The average Bonchev–Trinajstić information content (AvgIpc) is 2.47. The first-order chi connectivity index (χ1) is 5.74. The number of guanidine groups is 1. The maximum absolute atomic E-state index is 5.36. The Bertz CT molecular complexity index is 279. The van der Waals surface area contributed by atoms with Gasteiger partial charge in [-0.2, -0.15) is 11.3 Å². The Kier molecular flexibility index (Phi) is 3.07. The molecule has 1 heterocycles. The van der Waals surface area contributed by atoms with Crippen LogP contribution in [0.3, 0.4) is 0 Å². The van der Waals surface area contributed by atoms with Crippen molar-refractivity contribution in [3.8, 4) is 0 Å². The van der Waals surface area contributed by atoms with Gasteiger partial charge in [0, 0.05) is 0 Å². The third-order valence-corrected chi connectivity index (χ3v) is 2.44. The second kappa shape index (κ2) is 4.08. The molecule has 0 saturated carbocycles. The Balaban J connectivity index is 2.59. The molecule has 12 heavy (non-hydrogen) atoms. The molecule has 0 radical (unpaired) electrons. The molecule has 0 amide bonds. The van der Waals surface area contributed by atoms with Crippen LogP contribution in [0.1, 0.15) is 11.1 Å². The summed E-state index contributed by atoms with van der Waals surface area (Å²) < 4.78 is 0. The number of nitrogens with zero attached hydrogens (tertiary/aromatic N) is 1. The molecule has 66 valence electrons. The molecule has 0 aromatic carbocycles. The quantitative estimate of drug-likeness (QED) is 0.268. The van der Waals surface area contributed by atoms with Crippen molar-refractivity contribution >= 4 is 17.3 Å². The smallest absolute Gasteiger partial charge is 0.203 e. The molecule has 0 bridgehead atoms. The molecule has 1 rings (SSSR count). The zero-order valence-electron chi connectivity index (χ0n) is 6.87. The third kappa shape index (κ3) is 2.21. The number of thiophene rings is 1. The lowest BCUT2D eigenvalue weighted by Crippen LogP contribution is -2.37. The Labute approximate surface area is 75.3 Å². The standard InChI is InChI=1S/C7H12N4S/c1-5-3-12-4-6(5)2-10-7(8)11-9/h3-4H,2,9H2,1H3,(H3,8,10,11). The van der Waals surface area contributed by atoms with Crippen molar-refractivity contribution in [2.45, 2.75) is 13.5 Å². The highest BCUT2D eigenvalue weighted by atomic mass is 32.1. The van der Waals surface area contributed by atoms with E-state index in [0.717, 1.165) is 0 Å². The van der Waals surface area contributed by atoms with Crippen molar-refractivity contribution in [2.75, 3.05) is 0 Å². The van der Waals surface area contributed by atoms with E-state index in [1.54, 1.807) is 11.3 Å². The maximum atomic E-state index is 5.36. The highest BCUT2D eigenvalue weighted by molar-refractivity contribution is 7.08. The summed E-state index contributed by atoms with van der Waals surface area (Å²) in [5, 5.41) is 4.14. The van der Waals surface area contributed by atoms with Crippen LogP contribution in [0, 0.1) is 6.92 Å². The molecule has 0 saturated heterocycles. The summed E-state index contributed by atoms with van der Waals surface area (Å²) >= 11 is 1.66. The van der Waals surface area contributed by atoms with Crippen molar-refractivity contribution in [2.24, 2.45) is 16.6 Å². The number of hydrazine groups is 1. The van der Waals surface area contributed by atoms with Crippen LogP contribution in [-0.4, -0.2) is 5.96 Å². The van der Waals surface area contributed by atoms with Crippen LogP contribution in [0.25, 0.3) is 0 Å². The van der Waals surface area contributed by atoms with E-state index in [9.17, 15) is 0 Å². The topological polar surface area (TPSA) is 76.4 Å². The first-order valence-corrected chi connectivity index (χ1v) is 4.46. The Morgan fingerprint density at radius 2 is 2.42 bits per heavy atom. The first-order valence-electron chi connectivity index (χ1n) is 3.52. The molecule has 0 aliphatic carbocycles. The molecule has 5 heteroatoms. The second-order valence-corrected chi connectivity index (χ2v) is 3.17. The monoisotopic (exact) mass is 184 g/mol. The van der Waals surface area contributed by atoms with Gasteiger partial charge in [-0.1, -0.05) is 0 Å². The Morgan fingerprint density at radius 3 is 2.92 bits per heavy atom. The lowest BCUT2D eigenvalue weighted by molar-refractivity contribution is 0.956. The van der Waals surface area contributed by atoms with Crippen LogP contribution < -0.4 is 17.0 Å². The van der Waals surface area contributed by atoms with Gasteiger partial charge >= 0.3 is 0 Å². The molecular formula is C7H12N4S. The Morgan fingerprint density at radius 1 is 1.67 bits per heavy atom. The fraction of sp³-hybridized carbons (Fsp3) is 0.286. The van der Waals surface area contributed by atoms with E-state index in [2.05, 4.69) is 21.2 Å². The van der Waals surface area contributed by atoms with Crippen LogP contribution >= 0.6 is 11.3 Å². The molecule has 1 aromatic rings. The highest BCUT2D eigenvalue weighted by Crippen LogP contribution is 2.14. The van der Waals surface area contributed by atoms with Crippen molar-refractivity contribution in [3.63, 3.8) is 0 Å². The number of aliphatic imine (C=N–C) groups is 1. The van der Waals surface area contributed by atoms with Gasteiger partial charge in [0.25, 0.3) is 0 Å². The number of hydrogen-bond acceptors (Lipinski definition) is 3. The minimum absolute atomic E-state index is 0.264. The van der Waals surface area contributed by atoms with Gasteiger partial charge in [0.15, 0.2) is 0 Å². The maximum Gasteiger partial charge on any atom is 0.203 e. The molecule has 0 spiro atoms. The van der Waals surface area contributed by atoms with Gasteiger partial charge in [-0.15, -0.1) is 0 Å². The fourth-order valence-electron chi connectivity index (χ4n) is 0.765. The van der Waals surface area contributed by atoms with Crippen molar-refractivity contribution < 1.29 is 0 Å². The van der Waals surface area contributed by atoms with Gasteiger partial charge in [0.1, 0.15) is 0 Å². The summed E-state index contributed by atoms with van der Waals surface area (Å²) in [7, 11) is 0. The number of hydrogen-bond donors (Lipinski definition) is 3. The molecule has 0 aliphatic rings. The predicted octanol–water partition coefficient (Wildman–Crippen LogP) is 0.335. The van der Waals surface area contributed by atoms with Crippen LogP contribution in [0.5, 0.6) is 0 Å². The molecule has 0 unspecified atom stereocenters. The SMILES string of the molecule is Cc1cscc1CN=C(N)NN. The molecule has 0 aliphatic heterocycles. The van der Waals surface area contributed by atoms with Crippen LogP contribution in [0.4, 0.5) is 0 Å². The summed E-state index contributed by atoms with van der Waals surface area (Å²) in [6.07, 6.45) is 0. The van der Waals surface area contributed by atoms with Gasteiger partial charge in [-0.05, 0) is 28.8 Å². The highest BCUT2D eigenvalue weighted by Gasteiger charge is 1.97. The van der Waals surface area contributed by atoms with Crippen LogP contribution in [-0.2, 0) is 6.54 Å². The average molecular weight is 184 g/mol. The van der Waals surface area contributed by atoms with E-state index < -0.39 is 0 Å². The van der Waals surface area contributed by atoms with Crippen molar-refractivity contribution in [3.05, 3.63) is 21.9 Å². The normalized spacial score (nSPS) is 11.7. The number of rotatable bonds is 2. The fourth-order valence-corrected chi connectivity index (χ4v) is 1.61. The zero-order chi connectivity index (χ0) is 8.97. The van der Waals surface area contributed by atoms with Crippen LogP contribution in [0.15, 0.2) is 15.8 Å². The number of nitrogens with two attached hydrogens (primary N) is 2. The number of aryl methyl sites for hydroxylation is 1. The number of nitrogens with one attached hydrogen (secondary N) is 1. The van der Waals surface area contributed by atoms with E-state index in [4.69, 9.17) is 11.6 Å². The Hall–Kier alpha value is -1.07. The summed E-state index contributed by atoms with van der Waals surface area (Å²) in [6, 6.07) is 0. The molecular weight excluding hydrogens is 172 g/mol. The zero-order valence-corrected chi connectivity index (χ0v) is 7.69. The lowest BCUT2D eigenvalue weighted by Gasteiger charge is -1.97. The van der Waals surface area contributed by atoms with E-state index in [1.807, 2.05) is 6.92 Å². The van der Waals surface area contributed by atoms with E-state index >= 15 is 0 Å². The van der Waals surface area contributed by atoms with Gasteiger partial charge < -0.3 is 5.73 Å². The van der Waals surface area contributed by atoms with E-state index in [1.165, 1.54) is 11.1 Å². The molecule has 5 N–H and O–H groups in total. The van der Waals surface area contributed by atoms with Gasteiger partial charge in [0.2, 0.25) is 5.96 Å². The van der Waals surface area contributed by atoms with Gasteiger partial charge in [-0.25, -0.2) is 10.8 Å². The third-order valence-electron chi connectivity index (χ3n) is 1.53. The largest absolute Gasteiger partial charge is 0.369 e. The van der Waals surface area contributed by atoms with Gasteiger partial charge in [0.05, 0.1) is 6.54 Å². The van der Waals surface area contributed by atoms with Crippen LogP contribution in [0.2, 0.25) is 0 Å². The summed E-state index contributed by atoms with van der Waals surface area (Å²) in [4.78, 5) is 4.01. The molecule has 1 aromatic heterocycles.